The van der Waals surface area contributed by atoms with Crippen molar-refractivity contribution in [3.8, 4) is 0 Å². The van der Waals surface area contributed by atoms with Crippen molar-refractivity contribution < 1.29 is 12.8 Å². The van der Waals surface area contributed by atoms with Crippen LogP contribution in [0.3, 0.4) is 0 Å². The molecule has 1 heterocycles. The quantitative estimate of drug-likeness (QED) is 0.709. The summed E-state index contributed by atoms with van der Waals surface area (Å²) in [6.07, 6.45) is 1.83. The zero-order valence-electron chi connectivity index (χ0n) is 13.2. The van der Waals surface area contributed by atoms with Crippen LogP contribution >= 0.6 is 11.6 Å². The highest BCUT2D eigenvalue weighted by Gasteiger charge is 2.15. The minimum atomic E-state index is -3.66. The summed E-state index contributed by atoms with van der Waals surface area (Å²) in [7, 11) is -3.66. The fourth-order valence-electron chi connectivity index (χ4n) is 2.48. The Labute approximate surface area is 150 Å². The van der Waals surface area contributed by atoms with Gasteiger partial charge in [0.25, 0.3) is 0 Å². The van der Waals surface area contributed by atoms with E-state index < -0.39 is 10.0 Å². The van der Waals surface area contributed by atoms with Crippen molar-refractivity contribution in [2.45, 2.75) is 18.0 Å². The Bertz CT molecular complexity index is 986. The van der Waals surface area contributed by atoms with Crippen LogP contribution in [-0.2, 0) is 23.1 Å². The van der Waals surface area contributed by atoms with Gasteiger partial charge in [-0.1, -0.05) is 29.8 Å². The van der Waals surface area contributed by atoms with Crippen LogP contribution in [0.25, 0.3) is 0 Å². The Hall–Kier alpha value is -2.15. The lowest BCUT2D eigenvalue weighted by molar-refractivity contribution is 0.578. The minimum Gasteiger partial charge on any atom is -0.346 e. The summed E-state index contributed by atoms with van der Waals surface area (Å²) in [4.78, 5) is 0.114. The average Bonchev–Trinajstić information content (AvgIpc) is 3.00. The second-order valence-electron chi connectivity index (χ2n) is 5.54. The zero-order valence-corrected chi connectivity index (χ0v) is 14.8. The van der Waals surface area contributed by atoms with Crippen molar-refractivity contribution in [3.63, 3.8) is 0 Å². The molecule has 4 nitrogen and oxygen atoms in total. The molecule has 0 aliphatic carbocycles. The Morgan fingerprint density at radius 1 is 1.04 bits per heavy atom. The van der Waals surface area contributed by atoms with Crippen LogP contribution < -0.4 is 4.72 Å². The SMILES string of the molecule is O=S(=O)(NCc1cccn1Cc1cccc(F)c1)c1cccc(Cl)c1. The van der Waals surface area contributed by atoms with Crippen LogP contribution in [0, 0.1) is 5.82 Å². The largest absolute Gasteiger partial charge is 0.346 e. The van der Waals surface area contributed by atoms with Crippen molar-refractivity contribution in [2.75, 3.05) is 0 Å². The van der Waals surface area contributed by atoms with E-state index in [1.54, 1.807) is 18.2 Å². The summed E-state index contributed by atoms with van der Waals surface area (Å²) in [6, 6.07) is 16.0. The van der Waals surface area contributed by atoms with E-state index in [1.165, 1.54) is 24.3 Å². The molecule has 0 amide bonds. The first-order valence-corrected chi connectivity index (χ1v) is 9.44. The van der Waals surface area contributed by atoms with E-state index in [9.17, 15) is 12.8 Å². The van der Waals surface area contributed by atoms with Gasteiger partial charge in [-0.15, -0.1) is 0 Å². The molecule has 0 spiro atoms. The molecule has 0 unspecified atom stereocenters. The standard InChI is InChI=1S/C18H16ClFN2O2S/c19-15-5-2-8-18(11-15)25(23,24)21-12-17-7-3-9-22(17)13-14-4-1-6-16(20)10-14/h1-11,21H,12-13H2. The second-order valence-corrected chi connectivity index (χ2v) is 7.74. The highest BCUT2D eigenvalue weighted by atomic mass is 35.5. The van der Waals surface area contributed by atoms with Gasteiger partial charge in [-0.2, -0.15) is 0 Å². The molecule has 0 radical (unpaired) electrons. The van der Waals surface area contributed by atoms with E-state index in [1.807, 2.05) is 29.0 Å². The van der Waals surface area contributed by atoms with Crippen LogP contribution in [0.5, 0.6) is 0 Å². The van der Waals surface area contributed by atoms with Crippen LogP contribution in [0.4, 0.5) is 4.39 Å². The van der Waals surface area contributed by atoms with Crippen LogP contribution in [0.15, 0.2) is 71.8 Å². The van der Waals surface area contributed by atoms with Crippen LogP contribution in [0.2, 0.25) is 5.02 Å². The highest BCUT2D eigenvalue weighted by Crippen LogP contribution is 2.16. The number of nitrogens with one attached hydrogen (secondary N) is 1. The molecular weight excluding hydrogens is 363 g/mol. The third kappa shape index (κ3) is 4.48. The number of aromatic nitrogens is 1. The number of rotatable bonds is 6. The van der Waals surface area contributed by atoms with Crippen molar-refractivity contribution >= 4 is 21.6 Å². The van der Waals surface area contributed by atoms with Gasteiger partial charge in [0.05, 0.1) is 11.4 Å². The van der Waals surface area contributed by atoms with Gasteiger partial charge in [0.2, 0.25) is 10.0 Å². The van der Waals surface area contributed by atoms with Crippen molar-refractivity contribution in [1.82, 2.24) is 9.29 Å². The third-order valence-corrected chi connectivity index (χ3v) is 5.35. The van der Waals surface area contributed by atoms with E-state index in [0.29, 0.717) is 11.6 Å². The molecule has 0 aliphatic heterocycles. The summed E-state index contributed by atoms with van der Waals surface area (Å²) in [5.41, 5.74) is 1.57. The molecule has 0 saturated heterocycles. The van der Waals surface area contributed by atoms with Gasteiger partial charge >= 0.3 is 0 Å². The Morgan fingerprint density at radius 3 is 2.60 bits per heavy atom. The number of hydrogen-bond acceptors (Lipinski definition) is 2. The van der Waals surface area contributed by atoms with Crippen LogP contribution in [-0.4, -0.2) is 13.0 Å². The number of sulfonamides is 1. The van der Waals surface area contributed by atoms with Gasteiger partial charge in [0, 0.05) is 23.5 Å². The van der Waals surface area contributed by atoms with E-state index in [4.69, 9.17) is 11.6 Å². The fourth-order valence-corrected chi connectivity index (χ4v) is 3.78. The summed E-state index contributed by atoms with van der Waals surface area (Å²) >= 11 is 5.85. The third-order valence-electron chi connectivity index (χ3n) is 3.72. The van der Waals surface area contributed by atoms with Gasteiger partial charge in [0.15, 0.2) is 0 Å². The summed E-state index contributed by atoms with van der Waals surface area (Å²) in [5.74, 6) is -0.298. The lowest BCUT2D eigenvalue weighted by Gasteiger charge is -2.11. The maximum atomic E-state index is 13.3. The molecule has 1 N–H and O–H groups in total. The van der Waals surface area contributed by atoms with Crippen LogP contribution in [0.1, 0.15) is 11.3 Å². The molecule has 2 aromatic carbocycles. The Balaban J connectivity index is 1.73. The summed E-state index contributed by atoms with van der Waals surface area (Å²) in [5, 5.41) is 0.359. The first-order valence-electron chi connectivity index (χ1n) is 7.58. The lowest BCUT2D eigenvalue weighted by Crippen LogP contribution is -2.24. The van der Waals surface area contributed by atoms with Crippen molar-refractivity contribution in [3.05, 3.63) is 89.0 Å². The molecule has 0 aliphatic rings. The molecule has 25 heavy (non-hydrogen) atoms. The maximum Gasteiger partial charge on any atom is 0.240 e. The zero-order chi connectivity index (χ0) is 17.9. The molecule has 0 atom stereocenters. The molecule has 0 bridgehead atoms. The highest BCUT2D eigenvalue weighted by molar-refractivity contribution is 7.89. The molecule has 130 valence electrons. The number of halogens is 2. The summed E-state index contributed by atoms with van der Waals surface area (Å²) < 4.78 is 42.5. The number of hydrogen-bond donors (Lipinski definition) is 1. The maximum absolute atomic E-state index is 13.3. The smallest absolute Gasteiger partial charge is 0.240 e. The molecule has 3 aromatic rings. The first kappa shape index (κ1) is 17.7. The Morgan fingerprint density at radius 2 is 1.84 bits per heavy atom. The summed E-state index contributed by atoms with van der Waals surface area (Å²) in [6.45, 7) is 0.580. The first-order chi connectivity index (χ1) is 11.9. The van der Waals surface area contributed by atoms with Gasteiger partial charge in [0.1, 0.15) is 5.82 Å². The van der Waals surface area contributed by atoms with E-state index in [2.05, 4.69) is 4.72 Å². The fraction of sp³-hybridized carbons (Fsp3) is 0.111. The van der Waals surface area contributed by atoms with Crippen molar-refractivity contribution in [1.29, 1.82) is 0 Å². The van der Waals surface area contributed by atoms with Gasteiger partial charge in [-0.25, -0.2) is 17.5 Å². The lowest BCUT2D eigenvalue weighted by atomic mass is 10.2. The van der Waals surface area contributed by atoms with Gasteiger partial charge in [-0.3, -0.25) is 0 Å². The average molecular weight is 379 g/mol. The van der Waals surface area contributed by atoms with E-state index >= 15 is 0 Å². The normalized spacial score (nSPS) is 11.6. The molecule has 7 heteroatoms. The predicted molar refractivity (Wildman–Crippen MR) is 95.4 cm³/mol. The number of benzene rings is 2. The predicted octanol–water partition coefficient (Wildman–Crippen LogP) is 3.81. The number of nitrogens with zero attached hydrogens (tertiary/aromatic N) is 1. The van der Waals surface area contributed by atoms with Gasteiger partial charge < -0.3 is 4.57 Å². The molecular formula is C18H16ClFN2O2S. The molecule has 0 saturated carbocycles. The topological polar surface area (TPSA) is 51.1 Å². The van der Waals surface area contributed by atoms with Crippen molar-refractivity contribution in [2.24, 2.45) is 0 Å². The monoisotopic (exact) mass is 378 g/mol. The van der Waals surface area contributed by atoms with Gasteiger partial charge in [-0.05, 0) is 48.0 Å². The van der Waals surface area contributed by atoms with E-state index in [-0.39, 0.29) is 17.3 Å². The molecule has 1 aromatic heterocycles. The van der Waals surface area contributed by atoms with E-state index in [0.717, 1.165) is 11.3 Å². The molecule has 0 fully saturated rings. The Kier molecular flexibility index (Phi) is 5.22. The molecule has 3 rings (SSSR count). The second kappa shape index (κ2) is 7.39. The minimum absolute atomic E-state index is 0.114.